The van der Waals surface area contributed by atoms with Gasteiger partial charge in [0.15, 0.2) is 0 Å². The Morgan fingerprint density at radius 2 is 2.46 bits per heavy atom. The lowest BCUT2D eigenvalue weighted by molar-refractivity contribution is 0.407. The molecule has 1 aromatic heterocycles. The molecule has 0 radical (unpaired) electrons. The van der Waals surface area contributed by atoms with E-state index < -0.39 is 0 Å². The summed E-state index contributed by atoms with van der Waals surface area (Å²) in [7, 11) is 1.98. The second kappa shape index (κ2) is 5.59. The van der Waals surface area contributed by atoms with Crippen LogP contribution >= 0.6 is 22.6 Å². The van der Waals surface area contributed by atoms with Crippen LogP contribution in [0.4, 0.5) is 0 Å². The molecule has 0 bridgehead atoms. The highest BCUT2D eigenvalue weighted by molar-refractivity contribution is 14.1. The first kappa shape index (κ1) is 11.0. The minimum absolute atomic E-state index is 0.499. The van der Waals surface area contributed by atoms with Crippen LogP contribution < -0.4 is 5.32 Å². The van der Waals surface area contributed by atoms with E-state index >= 15 is 0 Å². The highest BCUT2D eigenvalue weighted by Crippen LogP contribution is 2.13. The van der Waals surface area contributed by atoms with Crippen molar-refractivity contribution in [1.29, 1.82) is 0 Å². The summed E-state index contributed by atoms with van der Waals surface area (Å²) in [5, 5.41) is 7.52. The first-order chi connectivity index (χ1) is 6.27. The summed E-state index contributed by atoms with van der Waals surface area (Å²) in [6.45, 7) is 3.20. The molecule has 0 spiro atoms. The van der Waals surface area contributed by atoms with Crippen molar-refractivity contribution in [2.24, 2.45) is 0 Å². The monoisotopic (exact) mass is 293 g/mol. The van der Waals surface area contributed by atoms with Gasteiger partial charge >= 0.3 is 0 Å². The molecule has 0 saturated heterocycles. The topological polar surface area (TPSA) is 29.9 Å². The molecule has 1 atom stereocenters. The molecule has 1 heterocycles. The van der Waals surface area contributed by atoms with Crippen molar-refractivity contribution in [2.45, 2.75) is 25.8 Å². The second-order valence-electron chi connectivity index (χ2n) is 3.14. The van der Waals surface area contributed by atoms with Crippen molar-refractivity contribution in [3.8, 4) is 0 Å². The maximum Gasteiger partial charge on any atom is 0.0643 e. The lowest BCUT2D eigenvalue weighted by Crippen LogP contribution is -2.22. The second-order valence-corrected chi connectivity index (χ2v) is 4.38. The molecule has 0 aliphatic rings. The Morgan fingerprint density at radius 1 is 1.69 bits per heavy atom. The van der Waals surface area contributed by atoms with Crippen LogP contribution in [0, 0.1) is 3.57 Å². The predicted molar refractivity (Wildman–Crippen MR) is 62.8 cm³/mol. The smallest absolute Gasteiger partial charge is 0.0643 e. The zero-order valence-electron chi connectivity index (χ0n) is 8.13. The van der Waals surface area contributed by atoms with Crippen LogP contribution in [-0.4, -0.2) is 23.4 Å². The van der Waals surface area contributed by atoms with Crippen LogP contribution in [0.25, 0.3) is 0 Å². The predicted octanol–water partition coefficient (Wildman–Crippen LogP) is 2.05. The Bertz CT molecular complexity index is 241. The minimum atomic E-state index is 0.499. The minimum Gasteiger partial charge on any atom is -0.318 e. The van der Waals surface area contributed by atoms with Gasteiger partial charge in [-0.2, -0.15) is 5.10 Å². The van der Waals surface area contributed by atoms with Gasteiger partial charge in [-0.1, -0.05) is 13.3 Å². The van der Waals surface area contributed by atoms with Crippen molar-refractivity contribution in [1.82, 2.24) is 15.1 Å². The molecule has 1 unspecified atom stereocenters. The van der Waals surface area contributed by atoms with E-state index in [1.807, 2.05) is 13.2 Å². The summed E-state index contributed by atoms with van der Waals surface area (Å²) in [5.74, 6) is 0. The molecule has 3 nitrogen and oxygen atoms in total. The van der Waals surface area contributed by atoms with E-state index in [1.54, 1.807) is 0 Å². The van der Waals surface area contributed by atoms with Crippen LogP contribution in [0.15, 0.2) is 12.4 Å². The van der Waals surface area contributed by atoms with E-state index in [4.69, 9.17) is 0 Å². The third-order valence-corrected chi connectivity index (χ3v) is 2.56. The Kier molecular flexibility index (Phi) is 4.72. The maximum absolute atomic E-state index is 4.32. The van der Waals surface area contributed by atoms with Gasteiger partial charge in [-0.25, -0.2) is 0 Å². The van der Waals surface area contributed by atoms with Crippen LogP contribution in [0.5, 0.6) is 0 Å². The highest BCUT2D eigenvalue weighted by atomic mass is 127. The Morgan fingerprint density at radius 3 is 2.92 bits per heavy atom. The zero-order chi connectivity index (χ0) is 9.68. The molecule has 1 rings (SSSR count). The van der Waals surface area contributed by atoms with Crippen molar-refractivity contribution < 1.29 is 0 Å². The van der Waals surface area contributed by atoms with Crippen LogP contribution in [-0.2, 0) is 0 Å². The number of aromatic nitrogens is 2. The van der Waals surface area contributed by atoms with Gasteiger partial charge in [0.25, 0.3) is 0 Å². The molecule has 4 heteroatoms. The number of rotatable bonds is 5. The summed E-state index contributed by atoms with van der Waals surface area (Å²) in [6, 6.07) is 0.499. The average molecular weight is 293 g/mol. The van der Waals surface area contributed by atoms with Gasteiger partial charge in [-0.05, 0) is 36.1 Å². The van der Waals surface area contributed by atoms with Crippen molar-refractivity contribution >= 4 is 22.6 Å². The lowest BCUT2D eigenvalue weighted by atomic mass is 10.2. The molecular formula is C9H16IN3. The fourth-order valence-corrected chi connectivity index (χ4v) is 1.82. The van der Waals surface area contributed by atoms with E-state index in [9.17, 15) is 0 Å². The normalized spacial score (nSPS) is 13.2. The fraction of sp³-hybridized carbons (Fsp3) is 0.667. The number of halogens is 1. The van der Waals surface area contributed by atoms with Crippen LogP contribution in [0.2, 0.25) is 0 Å². The summed E-state index contributed by atoms with van der Waals surface area (Å²) < 4.78 is 3.26. The molecule has 74 valence electrons. The van der Waals surface area contributed by atoms with Crippen molar-refractivity contribution in [3.05, 3.63) is 16.0 Å². The van der Waals surface area contributed by atoms with E-state index in [-0.39, 0.29) is 0 Å². The molecule has 0 amide bonds. The number of hydrogen-bond acceptors (Lipinski definition) is 2. The SMILES string of the molecule is CCCC(CNC)n1cc(I)cn1. The van der Waals surface area contributed by atoms with Gasteiger partial charge in [0, 0.05) is 12.7 Å². The zero-order valence-corrected chi connectivity index (χ0v) is 10.3. The van der Waals surface area contributed by atoms with Gasteiger partial charge in [-0.3, -0.25) is 4.68 Å². The molecule has 13 heavy (non-hydrogen) atoms. The third kappa shape index (κ3) is 3.27. The van der Waals surface area contributed by atoms with Crippen LogP contribution in [0.3, 0.4) is 0 Å². The Labute approximate surface area is 93.0 Å². The van der Waals surface area contributed by atoms with E-state index in [0.717, 1.165) is 6.54 Å². The summed E-state index contributed by atoms with van der Waals surface area (Å²) in [5.41, 5.74) is 0. The van der Waals surface area contributed by atoms with Gasteiger partial charge in [0.1, 0.15) is 0 Å². The van der Waals surface area contributed by atoms with Crippen molar-refractivity contribution in [2.75, 3.05) is 13.6 Å². The Hall–Kier alpha value is -0.100. The van der Waals surface area contributed by atoms with E-state index in [1.165, 1.54) is 16.4 Å². The largest absolute Gasteiger partial charge is 0.318 e. The molecule has 0 aliphatic heterocycles. The number of likely N-dealkylation sites (N-methyl/N-ethyl adjacent to an activating group) is 1. The molecule has 0 aromatic carbocycles. The molecule has 1 N–H and O–H groups in total. The van der Waals surface area contributed by atoms with Crippen LogP contribution in [0.1, 0.15) is 25.8 Å². The van der Waals surface area contributed by atoms with Gasteiger partial charge < -0.3 is 5.32 Å². The average Bonchev–Trinajstić information content (AvgIpc) is 2.51. The molecule has 0 saturated carbocycles. The van der Waals surface area contributed by atoms with Crippen molar-refractivity contribution in [3.63, 3.8) is 0 Å². The first-order valence-corrected chi connectivity index (χ1v) is 5.70. The molecule has 1 aromatic rings. The number of hydrogen-bond donors (Lipinski definition) is 1. The molecule has 0 aliphatic carbocycles. The maximum atomic E-state index is 4.32. The summed E-state index contributed by atoms with van der Waals surface area (Å²) in [4.78, 5) is 0. The number of nitrogens with zero attached hydrogens (tertiary/aromatic N) is 2. The van der Waals surface area contributed by atoms with E-state index in [2.05, 4.69) is 50.8 Å². The van der Waals surface area contributed by atoms with Gasteiger partial charge in [0.2, 0.25) is 0 Å². The summed E-state index contributed by atoms with van der Waals surface area (Å²) >= 11 is 2.29. The molecule has 0 fully saturated rings. The highest BCUT2D eigenvalue weighted by Gasteiger charge is 2.09. The Balaban J connectivity index is 2.63. The third-order valence-electron chi connectivity index (χ3n) is 2.01. The fourth-order valence-electron chi connectivity index (χ4n) is 1.41. The first-order valence-electron chi connectivity index (χ1n) is 4.62. The molecular weight excluding hydrogens is 277 g/mol. The quantitative estimate of drug-likeness (QED) is 0.842. The van der Waals surface area contributed by atoms with Gasteiger partial charge in [0.05, 0.1) is 15.8 Å². The number of nitrogens with one attached hydrogen (secondary N) is 1. The lowest BCUT2D eigenvalue weighted by Gasteiger charge is -2.15. The van der Waals surface area contributed by atoms with E-state index in [0.29, 0.717) is 6.04 Å². The standard InChI is InChI=1S/C9H16IN3/c1-3-4-9(6-11-2)13-7-8(10)5-12-13/h5,7,9,11H,3-4,6H2,1-2H3. The van der Waals surface area contributed by atoms with Gasteiger partial charge in [-0.15, -0.1) is 0 Å². The summed E-state index contributed by atoms with van der Waals surface area (Å²) in [6.07, 6.45) is 6.37.